The Hall–Kier alpha value is -1.98. The summed E-state index contributed by atoms with van der Waals surface area (Å²) in [5.41, 5.74) is -2.41. The zero-order chi connectivity index (χ0) is 19.5. The van der Waals surface area contributed by atoms with Gasteiger partial charge in [-0.3, -0.25) is 4.79 Å². The molecule has 1 atom stereocenters. The molecule has 1 fully saturated rings. The predicted octanol–water partition coefficient (Wildman–Crippen LogP) is 3.63. The van der Waals surface area contributed by atoms with E-state index in [-0.39, 0.29) is 35.7 Å². The van der Waals surface area contributed by atoms with Gasteiger partial charge in [-0.1, -0.05) is 6.07 Å². The van der Waals surface area contributed by atoms with Crippen LogP contribution in [0.4, 0.5) is 9.18 Å². The number of carbonyl (C=O) groups is 2. The summed E-state index contributed by atoms with van der Waals surface area (Å²) >= 11 is 3.04. The van der Waals surface area contributed by atoms with Gasteiger partial charge in [-0.15, -0.1) is 0 Å². The van der Waals surface area contributed by atoms with Crippen LogP contribution in [0.3, 0.4) is 0 Å². The highest BCUT2D eigenvalue weighted by Crippen LogP contribution is 2.45. The van der Waals surface area contributed by atoms with Crippen molar-refractivity contribution >= 4 is 27.8 Å². The van der Waals surface area contributed by atoms with Gasteiger partial charge in [0.25, 0.3) is 0 Å². The minimum Gasteiger partial charge on any atom is -0.465 e. The molecule has 0 unspecified atom stereocenters. The van der Waals surface area contributed by atoms with E-state index in [9.17, 15) is 24.3 Å². The number of nitrogens with one attached hydrogen (secondary N) is 1. The van der Waals surface area contributed by atoms with Crippen molar-refractivity contribution in [3.63, 3.8) is 0 Å². The molecule has 0 spiro atoms. The summed E-state index contributed by atoms with van der Waals surface area (Å²) in [5.74, 6) is -1.16. The Bertz CT molecular complexity index is 754. The van der Waals surface area contributed by atoms with Crippen LogP contribution in [-0.4, -0.2) is 33.7 Å². The predicted molar refractivity (Wildman–Crippen MR) is 95.1 cm³/mol. The molecule has 0 aliphatic heterocycles. The molecule has 2 rings (SSSR count). The maximum Gasteiger partial charge on any atom is 0.404 e. The number of nitriles is 1. The molecule has 0 bridgehead atoms. The van der Waals surface area contributed by atoms with Crippen LogP contribution in [0.25, 0.3) is 0 Å². The van der Waals surface area contributed by atoms with Crippen LogP contribution in [0.2, 0.25) is 0 Å². The van der Waals surface area contributed by atoms with Gasteiger partial charge in [0, 0.05) is 11.6 Å². The largest absolute Gasteiger partial charge is 0.465 e. The molecule has 0 aromatic heterocycles. The summed E-state index contributed by atoms with van der Waals surface area (Å²) in [6.07, 6.45) is -0.244. The number of carboxylic acid groups (broad SMARTS) is 1. The Morgan fingerprint density at radius 1 is 1.38 bits per heavy atom. The van der Waals surface area contributed by atoms with E-state index in [1.165, 1.54) is 18.2 Å². The fourth-order valence-corrected chi connectivity index (χ4v) is 3.95. The quantitative estimate of drug-likeness (QED) is 0.622. The molecular formula is C18H20BrFN2O4. The number of carbonyl (C=O) groups excluding carboxylic acids is 1. The third-order valence-corrected chi connectivity index (χ3v) is 5.76. The summed E-state index contributed by atoms with van der Waals surface area (Å²) in [4.78, 5) is 23.5. The molecule has 0 saturated heterocycles. The van der Waals surface area contributed by atoms with E-state index >= 15 is 0 Å². The van der Waals surface area contributed by atoms with Gasteiger partial charge >= 0.3 is 6.09 Å². The molecule has 8 heteroatoms. The maximum absolute atomic E-state index is 13.7. The zero-order valence-electron chi connectivity index (χ0n) is 14.3. The van der Waals surface area contributed by atoms with Crippen molar-refractivity contribution in [2.45, 2.75) is 50.7 Å². The number of aliphatic hydroxyl groups is 1. The summed E-state index contributed by atoms with van der Waals surface area (Å²) in [6, 6.07) is 5.87. The van der Waals surface area contributed by atoms with Gasteiger partial charge in [-0.25, -0.2) is 9.18 Å². The van der Waals surface area contributed by atoms with Crippen LogP contribution >= 0.6 is 15.9 Å². The maximum atomic E-state index is 13.7. The Kier molecular flexibility index (Phi) is 6.04. The molecule has 1 amide bonds. The first kappa shape index (κ1) is 20.3. The highest BCUT2D eigenvalue weighted by Gasteiger charge is 2.47. The second-order valence-electron chi connectivity index (χ2n) is 6.91. The van der Waals surface area contributed by atoms with E-state index in [1.807, 2.05) is 0 Å². The number of nitrogens with zero attached hydrogens (tertiary/aromatic N) is 1. The first-order valence-electron chi connectivity index (χ1n) is 8.24. The summed E-state index contributed by atoms with van der Waals surface area (Å²) in [7, 11) is 0. The fourth-order valence-electron chi connectivity index (χ4n) is 3.51. The molecule has 1 aliphatic rings. The van der Waals surface area contributed by atoms with E-state index < -0.39 is 34.8 Å². The Morgan fingerprint density at radius 2 is 2.00 bits per heavy atom. The second kappa shape index (κ2) is 7.72. The van der Waals surface area contributed by atoms with Crippen molar-refractivity contribution in [2.24, 2.45) is 5.41 Å². The van der Waals surface area contributed by atoms with Crippen LogP contribution in [0.5, 0.6) is 0 Å². The highest BCUT2D eigenvalue weighted by atomic mass is 79.9. The highest BCUT2D eigenvalue weighted by molar-refractivity contribution is 9.10. The zero-order valence-corrected chi connectivity index (χ0v) is 15.8. The Balaban J connectivity index is 2.14. The van der Waals surface area contributed by atoms with Gasteiger partial charge in [0.2, 0.25) is 0 Å². The number of amides is 1. The van der Waals surface area contributed by atoms with Crippen LogP contribution in [0.15, 0.2) is 22.7 Å². The smallest absolute Gasteiger partial charge is 0.404 e. The van der Waals surface area contributed by atoms with Gasteiger partial charge in [0.15, 0.2) is 5.78 Å². The lowest BCUT2D eigenvalue weighted by Gasteiger charge is -2.40. The van der Waals surface area contributed by atoms with E-state index in [1.54, 1.807) is 6.92 Å². The first-order valence-corrected chi connectivity index (χ1v) is 9.04. The number of hydrogen-bond donors (Lipinski definition) is 3. The number of halogens is 2. The third-order valence-electron chi connectivity index (χ3n) is 4.96. The van der Waals surface area contributed by atoms with Crippen molar-refractivity contribution in [1.29, 1.82) is 5.26 Å². The molecular weight excluding hydrogens is 407 g/mol. The SMILES string of the molecule is C[C@@H](CC1(C#N)CCC(O)(C(=O)c2cccc(F)c2Br)CC1)NC(=O)O. The van der Waals surface area contributed by atoms with Gasteiger partial charge < -0.3 is 15.5 Å². The van der Waals surface area contributed by atoms with E-state index in [4.69, 9.17) is 5.11 Å². The topological polar surface area (TPSA) is 110 Å². The van der Waals surface area contributed by atoms with Crippen LogP contribution in [0, 0.1) is 22.6 Å². The van der Waals surface area contributed by atoms with Crippen molar-refractivity contribution < 1.29 is 24.2 Å². The van der Waals surface area contributed by atoms with Gasteiger partial charge in [0.1, 0.15) is 11.4 Å². The summed E-state index contributed by atoms with van der Waals surface area (Å²) in [5, 5.41) is 31.5. The van der Waals surface area contributed by atoms with Crippen LogP contribution < -0.4 is 5.32 Å². The number of rotatable bonds is 5. The Morgan fingerprint density at radius 3 is 2.54 bits per heavy atom. The summed E-state index contributed by atoms with van der Waals surface area (Å²) < 4.78 is 13.7. The van der Waals surface area contributed by atoms with Crippen molar-refractivity contribution in [2.75, 3.05) is 0 Å². The fraction of sp³-hybridized carbons (Fsp3) is 0.500. The Labute approximate surface area is 159 Å². The molecule has 1 aliphatic carbocycles. The van der Waals surface area contributed by atoms with Gasteiger partial charge in [0.05, 0.1) is 16.0 Å². The van der Waals surface area contributed by atoms with E-state index in [0.717, 1.165) is 0 Å². The normalized spacial score (nSPS) is 26.6. The first-order chi connectivity index (χ1) is 12.1. The second-order valence-corrected chi connectivity index (χ2v) is 7.70. The van der Waals surface area contributed by atoms with Crippen molar-refractivity contribution in [3.8, 4) is 6.07 Å². The summed E-state index contributed by atoms with van der Waals surface area (Å²) in [6.45, 7) is 1.67. The lowest BCUT2D eigenvalue weighted by Crippen LogP contribution is -2.46. The molecule has 1 aromatic rings. The van der Waals surface area contributed by atoms with Crippen LogP contribution in [-0.2, 0) is 0 Å². The molecule has 1 saturated carbocycles. The minimum atomic E-state index is -1.67. The van der Waals surface area contributed by atoms with Crippen molar-refractivity contribution in [1.82, 2.24) is 5.32 Å². The van der Waals surface area contributed by atoms with Gasteiger partial charge in [-0.2, -0.15) is 5.26 Å². The molecule has 140 valence electrons. The van der Waals surface area contributed by atoms with Crippen molar-refractivity contribution in [3.05, 3.63) is 34.1 Å². The third kappa shape index (κ3) is 4.22. The molecule has 0 radical (unpaired) electrons. The molecule has 1 aromatic carbocycles. The van der Waals surface area contributed by atoms with E-state index in [2.05, 4.69) is 27.3 Å². The number of Topliss-reactive ketones (excluding diaryl/α,β-unsaturated/α-hetero) is 1. The lowest BCUT2D eigenvalue weighted by atomic mass is 9.65. The number of ketones is 1. The lowest BCUT2D eigenvalue weighted by molar-refractivity contribution is -0.00880. The molecule has 26 heavy (non-hydrogen) atoms. The van der Waals surface area contributed by atoms with Gasteiger partial charge in [-0.05, 0) is 67.1 Å². The number of benzene rings is 1. The molecule has 6 nitrogen and oxygen atoms in total. The van der Waals surface area contributed by atoms with Crippen LogP contribution in [0.1, 0.15) is 49.4 Å². The standard InChI is InChI=1S/C18H20BrFN2O4/c1-11(22-16(24)25)9-17(10-21)5-7-18(26,8-6-17)15(23)12-3-2-4-13(20)14(12)19/h2-4,11,22,26H,5-9H2,1H3,(H,24,25)/t11-,17?,18?/m0/s1. The molecule has 3 N–H and O–H groups in total. The average Bonchev–Trinajstić information content (AvgIpc) is 2.58. The van der Waals surface area contributed by atoms with E-state index in [0.29, 0.717) is 6.42 Å². The average molecular weight is 427 g/mol. The number of hydrogen-bond acceptors (Lipinski definition) is 4. The minimum absolute atomic E-state index is 0.00910. The monoisotopic (exact) mass is 426 g/mol. The molecule has 0 heterocycles.